The Kier molecular flexibility index (Phi) is 7.72. The van der Waals surface area contributed by atoms with Crippen LogP contribution in [0.1, 0.15) is 20.8 Å². The second-order valence-corrected chi connectivity index (χ2v) is 1.50. The Morgan fingerprint density at radius 2 is 1.00 bits per heavy atom. The first-order chi connectivity index (χ1) is 1.73. The molecule has 0 aliphatic carbocycles. The van der Waals surface area contributed by atoms with E-state index in [0.29, 0.717) is 0 Å². The first-order valence-electron chi connectivity index (χ1n) is 1.50. The van der Waals surface area contributed by atoms with Gasteiger partial charge in [-0.3, -0.25) is 0 Å². The van der Waals surface area contributed by atoms with E-state index in [-0.39, 0.29) is 12.4 Å². The fourth-order valence-electron chi connectivity index (χ4n) is 0. The molecule has 0 aromatic heterocycles. The van der Waals surface area contributed by atoms with E-state index >= 15 is 0 Å². The van der Waals surface area contributed by atoms with Crippen molar-refractivity contribution in [2.45, 2.75) is 20.8 Å². The highest BCUT2D eigenvalue weighted by Crippen LogP contribution is 1.85. The standard InChI is InChI=1S/C4H9.ClH/c1-4(2)3;/h1-3H3;1H. The minimum absolute atomic E-state index is 0. The average molecular weight is 93.6 g/mol. The molecule has 0 saturated carbocycles. The van der Waals surface area contributed by atoms with Crippen LogP contribution in [0, 0.1) is 5.92 Å². The zero-order chi connectivity index (χ0) is 3.58. The lowest BCUT2D eigenvalue weighted by Gasteiger charge is -1.78. The maximum Gasteiger partial charge on any atom is -0.0334 e. The maximum atomic E-state index is 2.08. The van der Waals surface area contributed by atoms with E-state index in [0.717, 1.165) is 0 Å². The minimum atomic E-state index is 0. The molecule has 0 aliphatic rings. The Bertz CT molecular complexity index is 8.36. The maximum absolute atomic E-state index is 2.08. The molecule has 0 N–H and O–H groups in total. The van der Waals surface area contributed by atoms with Crippen molar-refractivity contribution in [3.63, 3.8) is 0 Å². The van der Waals surface area contributed by atoms with Gasteiger partial charge in [0.25, 0.3) is 0 Å². The molecule has 0 atom stereocenters. The van der Waals surface area contributed by atoms with Crippen LogP contribution in [0.3, 0.4) is 0 Å². The highest BCUT2D eigenvalue weighted by Gasteiger charge is 1.69. The molecule has 0 aromatic rings. The van der Waals surface area contributed by atoms with Crippen molar-refractivity contribution in [1.82, 2.24) is 0 Å². The van der Waals surface area contributed by atoms with E-state index in [2.05, 4.69) is 20.8 Å². The molecule has 0 nitrogen and oxygen atoms in total. The molecular weight excluding hydrogens is 83.5 g/mol. The third kappa shape index (κ3) is 268. The van der Waals surface area contributed by atoms with Gasteiger partial charge in [0.2, 0.25) is 0 Å². The molecular formula is C4H10Cl. The van der Waals surface area contributed by atoms with E-state index in [1.54, 1.807) is 0 Å². The molecule has 1 radical (unpaired) electrons. The van der Waals surface area contributed by atoms with Gasteiger partial charge in [0.15, 0.2) is 0 Å². The van der Waals surface area contributed by atoms with Gasteiger partial charge in [-0.05, 0) is 5.92 Å². The molecule has 5 heavy (non-hydrogen) atoms. The van der Waals surface area contributed by atoms with Crippen molar-refractivity contribution >= 4 is 12.4 Å². The molecule has 0 saturated heterocycles. The van der Waals surface area contributed by atoms with Gasteiger partial charge in [0, 0.05) is 0 Å². The van der Waals surface area contributed by atoms with E-state index in [9.17, 15) is 0 Å². The van der Waals surface area contributed by atoms with Crippen LogP contribution in [-0.4, -0.2) is 0 Å². The van der Waals surface area contributed by atoms with Crippen molar-refractivity contribution < 1.29 is 0 Å². The molecule has 1 heteroatoms. The quantitative estimate of drug-likeness (QED) is 0.430. The van der Waals surface area contributed by atoms with Crippen LogP contribution in [0.5, 0.6) is 0 Å². The lowest BCUT2D eigenvalue weighted by atomic mass is 10.3. The predicted molar refractivity (Wildman–Crippen MR) is 27.5 cm³/mol. The summed E-state index contributed by atoms with van der Waals surface area (Å²) in [5, 5.41) is 0. The van der Waals surface area contributed by atoms with Gasteiger partial charge >= 0.3 is 0 Å². The summed E-state index contributed by atoms with van der Waals surface area (Å²) in [5.74, 6) is 1.42. The largest absolute Gasteiger partial charge is 0.147 e. The molecule has 0 aromatic carbocycles. The summed E-state index contributed by atoms with van der Waals surface area (Å²) >= 11 is 0. The average Bonchev–Trinajstić information content (AvgIpc) is 0.811. The molecule has 0 amide bonds. The molecule has 0 fully saturated rings. The zero-order valence-corrected chi connectivity index (χ0v) is 4.72. The van der Waals surface area contributed by atoms with E-state index in [1.807, 2.05) is 0 Å². The van der Waals surface area contributed by atoms with Crippen molar-refractivity contribution in [3.05, 3.63) is 5.92 Å². The lowest BCUT2D eigenvalue weighted by Crippen LogP contribution is -1.62. The first-order valence-corrected chi connectivity index (χ1v) is 1.50. The first kappa shape index (κ1) is 8.99. The van der Waals surface area contributed by atoms with Gasteiger partial charge in [0.1, 0.15) is 0 Å². The summed E-state index contributed by atoms with van der Waals surface area (Å²) in [5.41, 5.74) is 0. The third-order valence-corrected chi connectivity index (χ3v) is 0. The van der Waals surface area contributed by atoms with E-state index in [1.165, 1.54) is 5.92 Å². The highest BCUT2D eigenvalue weighted by atomic mass is 35.5. The summed E-state index contributed by atoms with van der Waals surface area (Å²) < 4.78 is 0. The van der Waals surface area contributed by atoms with Crippen LogP contribution >= 0.6 is 12.4 Å². The Labute approximate surface area is 40.0 Å². The van der Waals surface area contributed by atoms with Gasteiger partial charge in [-0.1, -0.05) is 20.8 Å². The topological polar surface area (TPSA) is 0 Å². The van der Waals surface area contributed by atoms with Crippen LogP contribution in [-0.2, 0) is 0 Å². The van der Waals surface area contributed by atoms with Gasteiger partial charge in [-0.15, -0.1) is 12.4 Å². The lowest BCUT2D eigenvalue weighted by molar-refractivity contribution is 1.10. The zero-order valence-electron chi connectivity index (χ0n) is 3.91. The Morgan fingerprint density at radius 1 is 1.00 bits per heavy atom. The Hall–Kier alpha value is 0.290. The predicted octanol–water partition coefficient (Wildman–Crippen LogP) is 2.04. The fourth-order valence-corrected chi connectivity index (χ4v) is 0. The summed E-state index contributed by atoms with van der Waals surface area (Å²) in [4.78, 5) is 0. The molecule has 0 spiro atoms. The minimum Gasteiger partial charge on any atom is -0.147 e. The number of halogens is 1. The van der Waals surface area contributed by atoms with Crippen LogP contribution in [0.25, 0.3) is 0 Å². The van der Waals surface area contributed by atoms with Crippen molar-refractivity contribution in [3.8, 4) is 0 Å². The van der Waals surface area contributed by atoms with Crippen LogP contribution in [0.2, 0.25) is 0 Å². The molecule has 0 rings (SSSR count). The van der Waals surface area contributed by atoms with E-state index < -0.39 is 0 Å². The van der Waals surface area contributed by atoms with Gasteiger partial charge in [-0.25, -0.2) is 0 Å². The summed E-state index contributed by atoms with van der Waals surface area (Å²) in [6.07, 6.45) is 0. The Morgan fingerprint density at radius 3 is 1.00 bits per heavy atom. The highest BCUT2D eigenvalue weighted by molar-refractivity contribution is 5.85. The normalized spacial score (nSPS) is 7.20. The fraction of sp³-hybridized carbons (Fsp3) is 0.750. The third-order valence-electron chi connectivity index (χ3n) is 0. The second kappa shape index (κ2) is 4.29. The summed E-state index contributed by atoms with van der Waals surface area (Å²) in [7, 11) is 0. The SMILES string of the molecule is C[C](C)C.Cl. The number of hydrogen-bond acceptors (Lipinski definition) is 0. The molecule has 0 aliphatic heterocycles. The number of rotatable bonds is 0. The van der Waals surface area contributed by atoms with Crippen LogP contribution < -0.4 is 0 Å². The molecule has 33 valence electrons. The second-order valence-electron chi connectivity index (χ2n) is 1.50. The monoisotopic (exact) mass is 93.0 g/mol. The van der Waals surface area contributed by atoms with Gasteiger partial charge in [-0.2, -0.15) is 0 Å². The van der Waals surface area contributed by atoms with E-state index in [4.69, 9.17) is 0 Å². The molecule has 0 heterocycles. The van der Waals surface area contributed by atoms with Crippen LogP contribution in [0.15, 0.2) is 0 Å². The van der Waals surface area contributed by atoms with Gasteiger partial charge in [0.05, 0.1) is 0 Å². The Balaban J connectivity index is 0. The summed E-state index contributed by atoms with van der Waals surface area (Å²) in [6, 6.07) is 0. The molecule has 0 unspecified atom stereocenters. The van der Waals surface area contributed by atoms with Crippen molar-refractivity contribution in [1.29, 1.82) is 0 Å². The van der Waals surface area contributed by atoms with Crippen LogP contribution in [0.4, 0.5) is 0 Å². The summed E-state index contributed by atoms with van der Waals surface area (Å²) in [6.45, 7) is 6.25. The van der Waals surface area contributed by atoms with Gasteiger partial charge < -0.3 is 0 Å². The smallest absolute Gasteiger partial charge is 0.0334 e. The van der Waals surface area contributed by atoms with Crippen molar-refractivity contribution in [2.24, 2.45) is 0 Å². The number of hydrogen-bond donors (Lipinski definition) is 0. The van der Waals surface area contributed by atoms with Crippen molar-refractivity contribution in [2.75, 3.05) is 0 Å². The molecule has 0 bridgehead atoms.